The maximum absolute atomic E-state index is 13.2. The van der Waals surface area contributed by atoms with Crippen LogP contribution in [0.15, 0.2) is 89.8 Å². The molecule has 0 spiro atoms. The van der Waals surface area contributed by atoms with Crippen LogP contribution >= 0.6 is 11.8 Å². The monoisotopic (exact) mass is 395 g/mol. The molecule has 0 fully saturated rings. The maximum atomic E-state index is 13.2. The van der Waals surface area contributed by atoms with E-state index in [0.717, 1.165) is 16.0 Å². The van der Waals surface area contributed by atoms with E-state index >= 15 is 0 Å². The van der Waals surface area contributed by atoms with Crippen molar-refractivity contribution in [2.75, 3.05) is 6.26 Å². The summed E-state index contributed by atoms with van der Waals surface area (Å²) < 4.78 is 16.6. The Morgan fingerprint density at radius 1 is 0.889 bits per heavy atom. The molecular weight excluding hydrogens is 370 g/mol. The Morgan fingerprint density at radius 3 is 2.00 bits per heavy atom. The minimum atomic E-state index is -1.32. The van der Waals surface area contributed by atoms with Crippen molar-refractivity contribution in [3.05, 3.63) is 102 Å². The van der Waals surface area contributed by atoms with Crippen LogP contribution in [0.2, 0.25) is 0 Å². The zero-order chi connectivity index (χ0) is 19.3. The minimum Gasteiger partial charge on any atom is -0.237 e. The van der Waals surface area contributed by atoms with E-state index in [4.69, 9.17) is 0 Å². The van der Waals surface area contributed by atoms with Crippen molar-refractivity contribution in [1.82, 2.24) is 4.72 Å². The van der Waals surface area contributed by atoms with Gasteiger partial charge >= 0.3 is 0 Å². The molecule has 0 aliphatic carbocycles. The van der Waals surface area contributed by atoms with Crippen molar-refractivity contribution in [3.63, 3.8) is 0 Å². The van der Waals surface area contributed by atoms with Crippen LogP contribution in [0.25, 0.3) is 0 Å². The number of hydrogen-bond acceptors (Lipinski definition) is 2. The molecule has 0 heterocycles. The maximum Gasteiger partial charge on any atom is 0.125 e. The fourth-order valence-electron chi connectivity index (χ4n) is 3.29. The molecule has 3 aromatic carbocycles. The van der Waals surface area contributed by atoms with E-state index in [1.165, 1.54) is 5.56 Å². The second-order valence-electron chi connectivity index (χ2n) is 6.78. The van der Waals surface area contributed by atoms with E-state index in [0.29, 0.717) is 0 Å². The lowest BCUT2D eigenvalue weighted by Gasteiger charge is -2.38. The predicted molar refractivity (Wildman–Crippen MR) is 117 cm³/mol. The molecule has 3 rings (SSSR count). The molecule has 140 valence electrons. The highest BCUT2D eigenvalue weighted by molar-refractivity contribution is 7.98. The van der Waals surface area contributed by atoms with Crippen LogP contribution in [0.1, 0.15) is 28.9 Å². The molecule has 1 N–H and O–H groups in total. The predicted octanol–water partition coefficient (Wildman–Crippen LogP) is 5.63. The van der Waals surface area contributed by atoms with Crippen LogP contribution < -0.4 is 4.72 Å². The van der Waals surface area contributed by atoms with Gasteiger partial charge in [-0.15, -0.1) is 0 Å². The molecule has 0 aliphatic heterocycles. The van der Waals surface area contributed by atoms with Crippen LogP contribution in [0, 0.1) is 6.92 Å². The second-order valence-corrected chi connectivity index (χ2v) is 8.93. The normalized spacial score (nSPS) is 15.7. The van der Waals surface area contributed by atoms with Gasteiger partial charge < -0.3 is 0 Å². The van der Waals surface area contributed by atoms with Crippen molar-refractivity contribution in [2.45, 2.75) is 29.5 Å². The number of aryl methyl sites for hydroxylation is 1. The number of nitrogens with one attached hydrogen (secondary N) is 1. The highest BCUT2D eigenvalue weighted by atomic mass is 32.2. The van der Waals surface area contributed by atoms with Gasteiger partial charge in [-0.3, -0.25) is 0 Å². The molecule has 2 nitrogen and oxygen atoms in total. The van der Waals surface area contributed by atoms with Gasteiger partial charge in [0.05, 0.1) is 15.7 Å². The molecular formula is C23H25NOS2. The van der Waals surface area contributed by atoms with E-state index in [1.54, 1.807) is 11.8 Å². The lowest BCUT2D eigenvalue weighted by Crippen LogP contribution is -2.44. The Bertz CT molecular complexity index is 881. The van der Waals surface area contributed by atoms with Crippen molar-refractivity contribution < 1.29 is 4.21 Å². The SMILES string of the molecule is CS[C@@H](c1ccccc1)[C@@](C)(N[S@](=O)c1ccc(C)cc1)c1ccccc1. The van der Waals surface area contributed by atoms with Crippen molar-refractivity contribution in [1.29, 1.82) is 0 Å². The summed E-state index contributed by atoms with van der Waals surface area (Å²) in [4.78, 5) is 0.788. The van der Waals surface area contributed by atoms with Crippen molar-refractivity contribution >= 4 is 22.7 Å². The highest BCUT2D eigenvalue weighted by Gasteiger charge is 2.38. The van der Waals surface area contributed by atoms with Crippen LogP contribution in [0.4, 0.5) is 0 Å². The summed E-state index contributed by atoms with van der Waals surface area (Å²) in [6.45, 7) is 4.18. The number of rotatable bonds is 7. The summed E-state index contributed by atoms with van der Waals surface area (Å²) in [7, 11) is -1.32. The van der Waals surface area contributed by atoms with Crippen LogP contribution in [0.3, 0.4) is 0 Å². The molecule has 0 aromatic heterocycles. The molecule has 3 atom stereocenters. The van der Waals surface area contributed by atoms with Gasteiger partial charge in [-0.25, -0.2) is 8.93 Å². The van der Waals surface area contributed by atoms with Crippen LogP contribution in [-0.4, -0.2) is 10.5 Å². The Balaban J connectivity index is 2.02. The number of benzene rings is 3. The van der Waals surface area contributed by atoms with Gasteiger partial charge in [-0.05, 0) is 43.4 Å². The average Bonchev–Trinajstić information content (AvgIpc) is 2.70. The topological polar surface area (TPSA) is 29.1 Å². The van der Waals surface area contributed by atoms with E-state index in [2.05, 4.69) is 54.3 Å². The molecule has 0 amide bonds. The third kappa shape index (κ3) is 4.52. The van der Waals surface area contributed by atoms with E-state index < -0.39 is 16.5 Å². The van der Waals surface area contributed by atoms with Gasteiger partial charge in [0.15, 0.2) is 0 Å². The summed E-state index contributed by atoms with van der Waals surface area (Å²) in [5.41, 5.74) is 2.99. The number of hydrogen-bond donors (Lipinski definition) is 1. The minimum absolute atomic E-state index is 0.107. The van der Waals surface area contributed by atoms with Gasteiger partial charge in [-0.1, -0.05) is 78.4 Å². The van der Waals surface area contributed by atoms with Crippen molar-refractivity contribution in [2.24, 2.45) is 0 Å². The van der Waals surface area contributed by atoms with Crippen molar-refractivity contribution in [3.8, 4) is 0 Å². The molecule has 0 unspecified atom stereocenters. The van der Waals surface area contributed by atoms with Crippen LogP contribution in [-0.2, 0) is 16.5 Å². The molecule has 0 saturated carbocycles. The lowest BCUT2D eigenvalue weighted by molar-refractivity contribution is 0.434. The van der Waals surface area contributed by atoms with Gasteiger partial charge in [0.1, 0.15) is 11.0 Å². The average molecular weight is 396 g/mol. The fraction of sp³-hybridized carbons (Fsp3) is 0.217. The van der Waals surface area contributed by atoms with E-state index in [-0.39, 0.29) is 5.25 Å². The summed E-state index contributed by atoms with van der Waals surface area (Å²) in [5, 5.41) is 0.107. The summed E-state index contributed by atoms with van der Waals surface area (Å²) in [6.07, 6.45) is 2.11. The first-order valence-electron chi connectivity index (χ1n) is 8.94. The smallest absolute Gasteiger partial charge is 0.125 e. The Hall–Kier alpha value is -1.88. The molecule has 4 heteroatoms. The van der Waals surface area contributed by atoms with Gasteiger partial charge in [0.25, 0.3) is 0 Å². The highest BCUT2D eigenvalue weighted by Crippen LogP contribution is 2.44. The molecule has 0 saturated heterocycles. The molecule has 0 aliphatic rings. The van der Waals surface area contributed by atoms with Gasteiger partial charge in [0, 0.05) is 0 Å². The first-order valence-corrected chi connectivity index (χ1v) is 11.4. The number of thioether (sulfide) groups is 1. The molecule has 3 aromatic rings. The van der Waals surface area contributed by atoms with E-state index in [1.807, 2.05) is 55.5 Å². The van der Waals surface area contributed by atoms with E-state index in [9.17, 15) is 4.21 Å². The zero-order valence-corrected chi connectivity index (χ0v) is 17.5. The van der Waals surface area contributed by atoms with Gasteiger partial charge in [0.2, 0.25) is 0 Å². The Labute approximate surface area is 169 Å². The second kappa shape index (κ2) is 8.87. The fourth-order valence-corrected chi connectivity index (χ4v) is 5.59. The summed E-state index contributed by atoms with van der Waals surface area (Å²) in [6, 6.07) is 28.6. The third-order valence-electron chi connectivity index (χ3n) is 4.78. The largest absolute Gasteiger partial charge is 0.237 e. The quantitative estimate of drug-likeness (QED) is 0.562. The standard InChI is InChI=1S/C23H25NOS2/c1-18-14-16-21(17-15-18)27(25)24-23(2,20-12-8-5-9-13-20)22(26-3)19-10-6-4-7-11-19/h4-17,22,24H,1-3H3/t22-,23-,27+/m0/s1. The molecule has 0 bridgehead atoms. The molecule has 27 heavy (non-hydrogen) atoms. The van der Waals surface area contributed by atoms with Crippen LogP contribution in [0.5, 0.6) is 0 Å². The Morgan fingerprint density at radius 2 is 1.44 bits per heavy atom. The zero-order valence-electron chi connectivity index (χ0n) is 15.9. The summed E-state index contributed by atoms with van der Waals surface area (Å²) >= 11 is 1.77. The molecule has 0 radical (unpaired) electrons. The third-order valence-corrected chi connectivity index (χ3v) is 7.30. The summed E-state index contributed by atoms with van der Waals surface area (Å²) in [5.74, 6) is 0. The first-order chi connectivity index (χ1) is 13.0. The lowest BCUT2D eigenvalue weighted by atomic mass is 9.86. The first kappa shape index (κ1) is 19.9. The van der Waals surface area contributed by atoms with Gasteiger partial charge in [-0.2, -0.15) is 11.8 Å². The Kier molecular flexibility index (Phi) is 6.53.